The third kappa shape index (κ3) is 4.90. The lowest BCUT2D eigenvalue weighted by molar-refractivity contribution is 0.364. The van der Waals surface area contributed by atoms with Crippen LogP contribution in [0.1, 0.15) is 0 Å². The number of benzene rings is 2. The molecule has 0 aliphatic carbocycles. The minimum Gasteiger partial charge on any atom is -0.497 e. The van der Waals surface area contributed by atoms with Crippen molar-refractivity contribution in [1.82, 2.24) is 15.3 Å². The SMILES string of the molecule is COc1ccc(Oc2ncc(NCC3CNC3)c(Oc3ccc(OC)cc3)n2)cc1. The first-order valence-corrected chi connectivity index (χ1v) is 9.69. The minimum atomic E-state index is 0.194. The Labute approximate surface area is 175 Å². The first kappa shape index (κ1) is 19.8. The van der Waals surface area contributed by atoms with E-state index in [-0.39, 0.29) is 6.01 Å². The number of hydrogen-bond acceptors (Lipinski definition) is 8. The summed E-state index contributed by atoms with van der Waals surface area (Å²) >= 11 is 0. The smallest absolute Gasteiger partial charge is 0.325 e. The number of nitrogens with one attached hydrogen (secondary N) is 2. The second-order valence-corrected chi connectivity index (χ2v) is 6.83. The molecule has 4 rings (SSSR count). The Morgan fingerprint density at radius 2 is 1.43 bits per heavy atom. The molecular formula is C22H24N4O4. The fourth-order valence-corrected chi connectivity index (χ4v) is 2.85. The van der Waals surface area contributed by atoms with Crippen LogP contribution < -0.4 is 29.6 Å². The van der Waals surface area contributed by atoms with E-state index in [1.165, 1.54) is 0 Å². The van der Waals surface area contributed by atoms with Crippen molar-refractivity contribution in [3.63, 3.8) is 0 Å². The molecule has 1 aromatic heterocycles. The Bertz CT molecular complexity index is 960. The Morgan fingerprint density at radius 3 is 1.97 bits per heavy atom. The van der Waals surface area contributed by atoms with Gasteiger partial charge in [0.25, 0.3) is 0 Å². The summed E-state index contributed by atoms with van der Waals surface area (Å²) in [5, 5.41) is 6.64. The molecule has 30 heavy (non-hydrogen) atoms. The second kappa shape index (κ2) is 9.32. The van der Waals surface area contributed by atoms with E-state index in [1.807, 2.05) is 36.4 Å². The number of nitrogens with zero attached hydrogens (tertiary/aromatic N) is 2. The highest BCUT2D eigenvalue weighted by Crippen LogP contribution is 2.31. The Kier molecular flexibility index (Phi) is 6.14. The van der Waals surface area contributed by atoms with Gasteiger partial charge in [0, 0.05) is 25.6 Å². The van der Waals surface area contributed by atoms with Crippen molar-refractivity contribution >= 4 is 5.69 Å². The van der Waals surface area contributed by atoms with E-state index in [0.717, 1.165) is 31.1 Å². The molecule has 1 fully saturated rings. The highest BCUT2D eigenvalue weighted by molar-refractivity contribution is 5.53. The Morgan fingerprint density at radius 1 is 0.867 bits per heavy atom. The average Bonchev–Trinajstić information content (AvgIpc) is 2.75. The average molecular weight is 408 g/mol. The summed E-state index contributed by atoms with van der Waals surface area (Å²) in [4.78, 5) is 8.80. The number of methoxy groups -OCH3 is 2. The molecule has 0 spiro atoms. The van der Waals surface area contributed by atoms with Crippen LogP contribution in [0.25, 0.3) is 0 Å². The molecule has 0 radical (unpaired) electrons. The Balaban J connectivity index is 1.54. The fraction of sp³-hybridized carbons (Fsp3) is 0.273. The number of rotatable bonds is 9. The maximum absolute atomic E-state index is 6.02. The molecule has 0 amide bonds. The van der Waals surface area contributed by atoms with Crippen molar-refractivity contribution < 1.29 is 18.9 Å². The normalized spacial score (nSPS) is 13.3. The van der Waals surface area contributed by atoms with E-state index < -0.39 is 0 Å². The zero-order valence-corrected chi connectivity index (χ0v) is 16.9. The zero-order valence-electron chi connectivity index (χ0n) is 16.9. The van der Waals surface area contributed by atoms with Gasteiger partial charge in [-0.3, -0.25) is 0 Å². The topological polar surface area (TPSA) is 86.8 Å². The summed E-state index contributed by atoms with van der Waals surface area (Å²) < 4.78 is 22.2. The van der Waals surface area contributed by atoms with Crippen molar-refractivity contribution in [2.24, 2.45) is 5.92 Å². The van der Waals surface area contributed by atoms with E-state index in [9.17, 15) is 0 Å². The van der Waals surface area contributed by atoms with Crippen LogP contribution in [0.5, 0.6) is 34.9 Å². The second-order valence-electron chi connectivity index (χ2n) is 6.83. The van der Waals surface area contributed by atoms with Crippen LogP contribution in [-0.2, 0) is 0 Å². The van der Waals surface area contributed by atoms with E-state index in [4.69, 9.17) is 18.9 Å². The first-order chi connectivity index (χ1) is 14.7. The van der Waals surface area contributed by atoms with Crippen molar-refractivity contribution in [3.05, 3.63) is 54.7 Å². The lowest BCUT2D eigenvalue weighted by atomic mass is 10.0. The summed E-state index contributed by atoms with van der Waals surface area (Å²) in [6, 6.07) is 14.7. The van der Waals surface area contributed by atoms with Crippen molar-refractivity contribution in [3.8, 4) is 34.9 Å². The minimum absolute atomic E-state index is 0.194. The Hall–Kier alpha value is -3.52. The number of ether oxygens (including phenoxy) is 4. The van der Waals surface area contributed by atoms with E-state index >= 15 is 0 Å². The van der Waals surface area contributed by atoms with Gasteiger partial charge in [-0.05, 0) is 48.5 Å². The molecule has 0 unspecified atom stereocenters. The molecule has 1 aliphatic heterocycles. The standard InChI is InChI=1S/C22H24N4O4/c1-27-16-3-7-18(8-4-16)29-21-20(24-13-15-11-23-12-15)14-25-22(26-21)30-19-9-5-17(28-2)6-10-19/h3-10,14-15,23-24H,11-13H2,1-2H3. The van der Waals surface area contributed by atoms with Gasteiger partial charge < -0.3 is 29.6 Å². The third-order valence-electron chi connectivity index (χ3n) is 4.72. The molecule has 2 N–H and O–H groups in total. The van der Waals surface area contributed by atoms with Crippen LogP contribution in [0.15, 0.2) is 54.7 Å². The van der Waals surface area contributed by atoms with Crippen molar-refractivity contribution in [2.75, 3.05) is 39.2 Å². The fourth-order valence-electron chi connectivity index (χ4n) is 2.85. The van der Waals surface area contributed by atoms with Crippen LogP contribution in [0.2, 0.25) is 0 Å². The quantitative estimate of drug-likeness (QED) is 0.554. The van der Waals surface area contributed by atoms with Crippen LogP contribution in [-0.4, -0.2) is 43.8 Å². The number of anilines is 1. The summed E-state index contributed by atoms with van der Waals surface area (Å²) in [6.07, 6.45) is 1.68. The van der Waals surface area contributed by atoms with Crippen molar-refractivity contribution in [1.29, 1.82) is 0 Å². The lowest BCUT2D eigenvalue weighted by Crippen LogP contribution is -2.45. The molecule has 156 valence electrons. The van der Waals surface area contributed by atoms with Crippen LogP contribution in [0.4, 0.5) is 5.69 Å². The summed E-state index contributed by atoms with van der Waals surface area (Å²) in [6.45, 7) is 2.82. The molecule has 1 aliphatic rings. The number of hydrogen-bond donors (Lipinski definition) is 2. The number of aromatic nitrogens is 2. The van der Waals surface area contributed by atoms with Gasteiger partial charge in [0.2, 0.25) is 5.88 Å². The molecule has 3 aromatic rings. The van der Waals surface area contributed by atoms with Gasteiger partial charge in [-0.15, -0.1) is 0 Å². The molecule has 0 saturated carbocycles. The zero-order chi connectivity index (χ0) is 20.8. The van der Waals surface area contributed by atoms with Crippen LogP contribution >= 0.6 is 0 Å². The largest absolute Gasteiger partial charge is 0.497 e. The molecule has 1 saturated heterocycles. The van der Waals surface area contributed by atoms with Crippen molar-refractivity contribution in [2.45, 2.75) is 0 Å². The maximum atomic E-state index is 6.02. The highest BCUT2D eigenvalue weighted by Gasteiger charge is 2.18. The van der Waals surface area contributed by atoms with Gasteiger partial charge in [0.15, 0.2) is 0 Å². The molecule has 2 aromatic carbocycles. The maximum Gasteiger partial charge on any atom is 0.325 e. The van der Waals surface area contributed by atoms with E-state index in [1.54, 1.807) is 32.5 Å². The predicted octanol–water partition coefficient (Wildman–Crippen LogP) is 3.71. The van der Waals surface area contributed by atoms with E-state index in [2.05, 4.69) is 20.6 Å². The molecule has 2 heterocycles. The van der Waals surface area contributed by atoms with Gasteiger partial charge in [-0.1, -0.05) is 0 Å². The van der Waals surface area contributed by atoms with Gasteiger partial charge >= 0.3 is 6.01 Å². The highest BCUT2D eigenvalue weighted by atomic mass is 16.5. The third-order valence-corrected chi connectivity index (χ3v) is 4.72. The molecule has 0 bridgehead atoms. The molecule has 0 atom stereocenters. The van der Waals surface area contributed by atoms with Gasteiger partial charge in [-0.25, -0.2) is 4.98 Å². The van der Waals surface area contributed by atoms with Gasteiger partial charge in [-0.2, -0.15) is 4.98 Å². The van der Waals surface area contributed by atoms with Gasteiger partial charge in [0.1, 0.15) is 28.7 Å². The van der Waals surface area contributed by atoms with Crippen LogP contribution in [0, 0.1) is 5.92 Å². The molecular weight excluding hydrogens is 384 g/mol. The lowest BCUT2D eigenvalue weighted by Gasteiger charge is -2.27. The summed E-state index contributed by atoms with van der Waals surface area (Å²) in [7, 11) is 3.24. The van der Waals surface area contributed by atoms with Gasteiger partial charge in [0.05, 0.1) is 20.4 Å². The van der Waals surface area contributed by atoms with E-state index in [0.29, 0.717) is 29.0 Å². The first-order valence-electron chi connectivity index (χ1n) is 9.69. The van der Waals surface area contributed by atoms with Crippen LogP contribution in [0.3, 0.4) is 0 Å². The predicted molar refractivity (Wildman–Crippen MR) is 113 cm³/mol. The molecule has 8 heteroatoms. The summed E-state index contributed by atoms with van der Waals surface area (Å²) in [5.74, 6) is 3.71. The monoisotopic (exact) mass is 408 g/mol. The summed E-state index contributed by atoms with van der Waals surface area (Å²) in [5.41, 5.74) is 0.708. The molecule has 8 nitrogen and oxygen atoms in total.